The maximum Gasteiger partial charge on any atom is 0.322 e. The van der Waals surface area contributed by atoms with E-state index in [0.717, 1.165) is 25.9 Å². The standard InChI is InChI=1S/C8H13N3O2/c12-7-6(10-8(13)11-7)5-2-1-3-9-4-5/h5-6,9H,1-4H2,(H2,10,11,12,13)/t5-,6-/m1/s1. The number of urea groups is 1. The van der Waals surface area contributed by atoms with Gasteiger partial charge in [0.25, 0.3) is 5.91 Å². The van der Waals surface area contributed by atoms with Gasteiger partial charge in [0.1, 0.15) is 6.04 Å². The number of carbonyl (C=O) groups excluding carboxylic acids is 2. The molecule has 0 bridgehead atoms. The zero-order valence-corrected chi connectivity index (χ0v) is 7.30. The van der Waals surface area contributed by atoms with Crippen LogP contribution >= 0.6 is 0 Å². The third-order valence-electron chi connectivity index (χ3n) is 2.61. The molecule has 2 aliphatic rings. The van der Waals surface area contributed by atoms with E-state index in [1.807, 2.05) is 0 Å². The minimum absolute atomic E-state index is 0.182. The smallest absolute Gasteiger partial charge is 0.322 e. The Kier molecular flexibility index (Phi) is 2.18. The molecule has 5 heteroatoms. The van der Waals surface area contributed by atoms with Gasteiger partial charge in [-0.05, 0) is 19.4 Å². The summed E-state index contributed by atoms with van der Waals surface area (Å²) in [5, 5.41) is 8.10. The van der Waals surface area contributed by atoms with Crippen molar-refractivity contribution >= 4 is 11.9 Å². The average Bonchev–Trinajstić information content (AvgIpc) is 2.47. The van der Waals surface area contributed by atoms with E-state index in [9.17, 15) is 9.59 Å². The molecule has 2 heterocycles. The Hall–Kier alpha value is -1.10. The van der Waals surface area contributed by atoms with Crippen LogP contribution in [0, 0.1) is 5.92 Å². The highest BCUT2D eigenvalue weighted by Gasteiger charge is 2.36. The summed E-state index contributed by atoms with van der Waals surface area (Å²) in [5.74, 6) is 0.0684. The molecule has 5 nitrogen and oxygen atoms in total. The van der Waals surface area contributed by atoms with Gasteiger partial charge in [0.05, 0.1) is 0 Å². The van der Waals surface area contributed by atoms with Gasteiger partial charge >= 0.3 is 6.03 Å². The summed E-state index contributed by atoms with van der Waals surface area (Å²) in [6.07, 6.45) is 2.08. The molecule has 3 amide bonds. The van der Waals surface area contributed by atoms with Gasteiger partial charge in [-0.1, -0.05) is 0 Å². The third-order valence-corrected chi connectivity index (χ3v) is 2.61. The second-order valence-corrected chi connectivity index (χ2v) is 3.55. The molecule has 2 fully saturated rings. The van der Waals surface area contributed by atoms with Crippen molar-refractivity contribution in [3.63, 3.8) is 0 Å². The van der Waals surface area contributed by atoms with E-state index in [4.69, 9.17) is 0 Å². The molecule has 72 valence electrons. The maximum atomic E-state index is 11.3. The topological polar surface area (TPSA) is 70.2 Å². The largest absolute Gasteiger partial charge is 0.326 e. The minimum Gasteiger partial charge on any atom is -0.326 e. The Balaban J connectivity index is 1.99. The van der Waals surface area contributed by atoms with Crippen molar-refractivity contribution < 1.29 is 9.59 Å². The monoisotopic (exact) mass is 183 g/mol. The number of amides is 3. The van der Waals surface area contributed by atoms with Crippen molar-refractivity contribution in [2.45, 2.75) is 18.9 Å². The predicted molar refractivity (Wildman–Crippen MR) is 46.1 cm³/mol. The molecule has 13 heavy (non-hydrogen) atoms. The first-order valence-electron chi connectivity index (χ1n) is 4.59. The summed E-state index contributed by atoms with van der Waals surface area (Å²) in [4.78, 5) is 22.1. The molecule has 3 N–H and O–H groups in total. The minimum atomic E-state index is -0.361. The van der Waals surface area contributed by atoms with Gasteiger partial charge in [0.2, 0.25) is 0 Å². The van der Waals surface area contributed by atoms with Crippen LogP contribution in [0.5, 0.6) is 0 Å². The zero-order chi connectivity index (χ0) is 9.26. The lowest BCUT2D eigenvalue weighted by Gasteiger charge is -2.25. The zero-order valence-electron chi connectivity index (χ0n) is 7.30. The number of rotatable bonds is 1. The van der Waals surface area contributed by atoms with E-state index in [0.29, 0.717) is 0 Å². The van der Waals surface area contributed by atoms with Crippen LogP contribution in [0.4, 0.5) is 4.79 Å². The van der Waals surface area contributed by atoms with Crippen molar-refractivity contribution in [2.24, 2.45) is 5.92 Å². The highest BCUT2D eigenvalue weighted by atomic mass is 16.2. The van der Waals surface area contributed by atoms with Crippen LogP contribution in [0.15, 0.2) is 0 Å². The normalized spacial score (nSPS) is 34.2. The number of carbonyl (C=O) groups is 2. The van der Waals surface area contributed by atoms with E-state index in [2.05, 4.69) is 16.0 Å². The van der Waals surface area contributed by atoms with E-state index < -0.39 is 0 Å². The Morgan fingerprint density at radius 1 is 1.31 bits per heavy atom. The number of imide groups is 1. The van der Waals surface area contributed by atoms with Crippen molar-refractivity contribution in [1.82, 2.24) is 16.0 Å². The van der Waals surface area contributed by atoms with Gasteiger partial charge < -0.3 is 10.6 Å². The van der Waals surface area contributed by atoms with Crippen LogP contribution in [-0.2, 0) is 4.79 Å². The van der Waals surface area contributed by atoms with Crippen LogP contribution in [-0.4, -0.2) is 31.1 Å². The van der Waals surface area contributed by atoms with Crippen LogP contribution < -0.4 is 16.0 Å². The van der Waals surface area contributed by atoms with Crippen LogP contribution in [0.25, 0.3) is 0 Å². The Morgan fingerprint density at radius 2 is 2.15 bits per heavy atom. The molecule has 0 spiro atoms. The van der Waals surface area contributed by atoms with Gasteiger partial charge in [-0.2, -0.15) is 0 Å². The summed E-state index contributed by atoms with van der Waals surface area (Å²) < 4.78 is 0. The fourth-order valence-electron chi connectivity index (χ4n) is 1.93. The van der Waals surface area contributed by atoms with Crippen molar-refractivity contribution in [1.29, 1.82) is 0 Å². The second-order valence-electron chi connectivity index (χ2n) is 3.55. The third kappa shape index (κ3) is 1.65. The molecule has 0 aromatic rings. The van der Waals surface area contributed by atoms with Gasteiger partial charge in [-0.3, -0.25) is 10.1 Å². The molecular weight excluding hydrogens is 170 g/mol. The Bertz CT molecular complexity index is 236. The lowest BCUT2D eigenvalue weighted by Crippen LogP contribution is -2.44. The van der Waals surface area contributed by atoms with Gasteiger partial charge in [0.15, 0.2) is 0 Å². The van der Waals surface area contributed by atoms with Gasteiger partial charge in [-0.25, -0.2) is 4.79 Å². The first-order valence-corrected chi connectivity index (χ1v) is 4.59. The molecule has 2 atom stereocenters. The molecule has 2 aliphatic heterocycles. The van der Waals surface area contributed by atoms with E-state index in [1.165, 1.54) is 0 Å². The number of piperidine rings is 1. The summed E-state index contributed by atoms with van der Waals surface area (Å²) in [7, 11) is 0. The Labute approximate surface area is 76.3 Å². The molecule has 0 aromatic carbocycles. The van der Waals surface area contributed by atoms with Crippen LogP contribution in [0.1, 0.15) is 12.8 Å². The summed E-state index contributed by atoms with van der Waals surface area (Å²) in [6, 6.07) is -0.680. The quantitative estimate of drug-likeness (QED) is 0.466. The Morgan fingerprint density at radius 3 is 2.69 bits per heavy atom. The fraction of sp³-hybridized carbons (Fsp3) is 0.750. The highest BCUT2D eigenvalue weighted by Crippen LogP contribution is 2.16. The molecule has 0 aromatic heterocycles. The second kappa shape index (κ2) is 3.33. The average molecular weight is 183 g/mol. The van der Waals surface area contributed by atoms with Crippen LogP contribution in [0.2, 0.25) is 0 Å². The number of hydrogen-bond acceptors (Lipinski definition) is 3. The van der Waals surface area contributed by atoms with Crippen molar-refractivity contribution in [3.8, 4) is 0 Å². The summed E-state index contributed by atoms with van der Waals surface area (Å²) in [5.41, 5.74) is 0. The molecule has 2 saturated heterocycles. The van der Waals surface area contributed by atoms with E-state index >= 15 is 0 Å². The van der Waals surface area contributed by atoms with Crippen molar-refractivity contribution in [2.75, 3.05) is 13.1 Å². The highest BCUT2D eigenvalue weighted by molar-refractivity contribution is 6.04. The summed E-state index contributed by atoms with van der Waals surface area (Å²) in [6.45, 7) is 1.83. The molecule has 2 rings (SSSR count). The van der Waals surface area contributed by atoms with Gasteiger partial charge in [-0.15, -0.1) is 0 Å². The first-order chi connectivity index (χ1) is 6.27. The van der Waals surface area contributed by atoms with Crippen molar-refractivity contribution in [3.05, 3.63) is 0 Å². The number of nitrogens with one attached hydrogen (secondary N) is 3. The fourth-order valence-corrected chi connectivity index (χ4v) is 1.93. The lowest BCUT2D eigenvalue weighted by atomic mass is 9.92. The lowest BCUT2D eigenvalue weighted by molar-refractivity contribution is -0.121. The number of hydrogen-bond donors (Lipinski definition) is 3. The van der Waals surface area contributed by atoms with E-state index in [-0.39, 0.29) is 23.9 Å². The molecule has 0 radical (unpaired) electrons. The molecule has 0 unspecified atom stereocenters. The van der Waals surface area contributed by atoms with Crippen LogP contribution in [0.3, 0.4) is 0 Å². The SMILES string of the molecule is O=C1NC(=O)[C@@H]([C@@H]2CCCNC2)N1. The molecular formula is C8H13N3O2. The maximum absolute atomic E-state index is 11.3. The van der Waals surface area contributed by atoms with E-state index in [1.54, 1.807) is 0 Å². The first kappa shape index (κ1) is 8.50. The van der Waals surface area contributed by atoms with Gasteiger partial charge in [0, 0.05) is 12.5 Å². The molecule has 0 saturated carbocycles. The molecule has 0 aliphatic carbocycles. The predicted octanol–water partition coefficient (Wildman–Crippen LogP) is -0.806. The summed E-state index contributed by atoms with van der Waals surface area (Å²) >= 11 is 0.